The summed E-state index contributed by atoms with van der Waals surface area (Å²) >= 11 is 0. The molecule has 19 heavy (non-hydrogen) atoms. The number of rotatable bonds is 2. The highest BCUT2D eigenvalue weighted by molar-refractivity contribution is 5.92. The molecule has 0 unspecified atom stereocenters. The van der Waals surface area contributed by atoms with Gasteiger partial charge in [-0.05, 0) is 24.1 Å². The number of hydrogen-bond donors (Lipinski definition) is 1. The van der Waals surface area contributed by atoms with E-state index in [9.17, 15) is 0 Å². The van der Waals surface area contributed by atoms with Gasteiger partial charge in [-0.25, -0.2) is 4.98 Å². The second-order valence-corrected chi connectivity index (χ2v) is 4.75. The fourth-order valence-electron chi connectivity index (χ4n) is 2.35. The number of benzene rings is 2. The minimum Gasteiger partial charge on any atom is -0.392 e. The lowest BCUT2D eigenvalue weighted by Crippen LogP contribution is -1.89. The molecule has 1 N–H and O–H groups in total. The van der Waals surface area contributed by atoms with Crippen molar-refractivity contribution in [2.75, 3.05) is 0 Å². The molecule has 0 fully saturated rings. The molecule has 0 aliphatic rings. The standard InChI is InChI=1S/C16H16N2O/c1-11-17-16-14(4-3-5-15(16)18(11)2)13-8-6-12(10-19)7-9-13/h3-9,19H,10H2,1-2H3. The van der Waals surface area contributed by atoms with Gasteiger partial charge in [0.25, 0.3) is 0 Å². The molecule has 3 aromatic rings. The summed E-state index contributed by atoms with van der Waals surface area (Å²) in [6.07, 6.45) is 0. The van der Waals surface area contributed by atoms with Gasteiger partial charge in [0.05, 0.1) is 17.6 Å². The SMILES string of the molecule is Cc1nc2c(-c3ccc(CO)cc3)cccc2n1C. The first-order chi connectivity index (χ1) is 9.20. The molecule has 1 aromatic heterocycles. The van der Waals surface area contributed by atoms with Crippen LogP contribution in [0.5, 0.6) is 0 Å². The van der Waals surface area contributed by atoms with Gasteiger partial charge in [-0.2, -0.15) is 0 Å². The van der Waals surface area contributed by atoms with Crippen molar-refractivity contribution in [3.8, 4) is 11.1 Å². The Morgan fingerprint density at radius 3 is 2.53 bits per heavy atom. The summed E-state index contributed by atoms with van der Waals surface area (Å²) in [5.41, 5.74) is 5.35. The minimum absolute atomic E-state index is 0.0766. The summed E-state index contributed by atoms with van der Waals surface area (Å²) in [4.78, 5) is 4.65. The molecule has 3 heteroatoms. The fourth-order valence-corrected chi connectivity index (χ4v) is 2.35. The van der Waals surface area contributed by atoms with Gasteiger partial charge in [0.15, 0.2) is 0 Å². The molecule has 0 bridgehead atoms. The van der Waals surface area contributed by atoms with Crippen LogP contribution in [0.2, 0.25) is 0 Å². The molecule has 3 nitrogen and oxygen atoms in total. The summed E-state index contributed by atoms with van der Waals surface area (Å²) < 4.78 is 2.10. The Morgan fingerprint density at radius 2 is 1.84 bits per heavy atom. The van der Waals surface area contributed by atoms with Crippen molar-refractivity contribution in [2.45, 2.75) is 13.5 Å². The largest absolute Gasteiger partial charge is 0.392 e. The van der Waals surface area contributed by atoms with E-state index in [2.05, 4.69) is 27.8 Å². The quantitative estimate of drug-likeness (QED) is 0.761. The summed E-state index contributed by atoms with van der Waals surface area (Å²) in [5, 5.41) is 9.09. The Hall–Kier alpha value is -2.13. The van der Waals surface area contributed by atoms with Crippen LogP contribution in [0.1, 0.15) is 11.4 Å². The van der Waals surface area contributed by atoms with Gasteiger partial charge in [-0.3, -0.25) is 0 Å². The van der Waals surface area contributed by atoms with Crippen molar-refractivity contribution in [1.82, 2.24) is 9.55 Å². The van der Waals surface area contributed by atoms with Crippen LogP contribution in [0, 0.1) is 6.92 Å². The average Bonchev–Trinajstić information content (AvgIpc) is 2.75. The topological polar surface area (TPSA) is 38.1 Å². The van der Waals surface area contributed by atoms with Crippen LogP contribution >= 0.6 is 0 Å². The molecule has 0 spiro atoms. The molecule has 0 radical (unpaired) electrons. The number of aliphatic hydroxyl groups excluding tert-OH is 1. The molecule has 3 rings (SSSR count). The highest BCUT2D eigenvalue weighted by atomic mass is 16.3. The zero-order valence-corrected chi connectivity index (χ0v) is 11.1. The fraction of sp³-hybridized carbons (Fsp3) is 0.188. The molecule has 0 amide bonds. The van der Waals surface area contributed by atoms with Crippen LogP contribution in [-0.4, -0.2) is 14.7 Å². The number of nitrogens with zero attached hydrogens (tertiary/aromatic N) is 2. The minimum atomic E-state index is 0.0766. The van der Waals surface area contributed by atoms with Crippen LogP contribution < -0.4 is 0 Å². The van der Waals surface area contributed by atoms with Crippen LogP contribution in [0.15, 0.2) is 42.5 Å². The molecule has 0 aliphatic carbocycles. The number of aryl methyl sites for hydroxylation is 2. The average molecular weight is 252 g/mol. The van der Waals surface area contributed by atoms with Crippen LogP contribution in [-0.2, 0) is 13.7 Å². The molecule has 1 heterocycles. The number of aromatic nitrogens is 2. The van der Waals surface area contributed by atoms with E-state index in [-0.39, 0.29) is 6.61 Å². The second kappa shape index (κ2) is 4.52. The molecular weight excluding hydrogens is 236 g/mol. The molecule has 96 valence electrons. The zero-order chi connectivity index (χ0) is 13.4. The Kier molecular flexibility index (Phi) is 2.84. The first kappa shape index (κ1) is 11.9. The second-order valence-electron chi connectivity index (χ2n) is 4.75. The summed E-state index contributed by atoms with van der Waals surface area (Å²) in [7, 11) is 2.03. The smallest absolute Gasteiger partial charge is 0.106 e. The van der Waals surface area contributed by atoms with E-state index < -0.39 is 0 Å². The van der Waals surface area contributed by atoms with E-state index in [0.29, 0.717) is 0 Å². The van der Waals surface area contributed by atoms with Gasteiger partial charge in [-0.1, -0.05) is 36.4 Å². The van der Waals surface area contributed by atoms with E-state index in [1.165, 1.54) is 0 Å². The highest BCUT2D eigenvalue weighted by Crippen LogP contribution is 2.28. The maximum Gasteiger partial charge on any atom is 0.106 e. The molecule has 2 aromatic carbocycles. The molecular formula is C16H16N2O. The first-order valence-electron chi connectivity index (χ1n) is 6.33. The van der Waals surface area contributed by atoms with Gasteiger partial charge < -0.3 is 9.67 Å². The Morgan fingerprint density at radius 1 is 1.11 bits per heavy atom. The van der Waals surface area contributed by atoms with Crippen LogP contribution in [0.4, 0.5) is 0 Å². The van der Waals surface area contributed by atoms with E-state index in [4.69, 9.17) is 5.11 Å². The van der Waals surface area contributed by atoms with Crippen molar-refractivity contribution in [3.63, 3.8) is 0 Å². The predicted molar refractivity (Wildman–Crippen MR) is 76.8 cm³/mol. The van der Waals surface area contributed by atoms with Gasteiger partial charge in [0.1, 0.15) is 5.82 Å². The van der Waals surface area contributed by atoms with Crippen molar-refractivity contribution < 1.29 is 5.11 Å². The van der Waals surface area contributed by atoms with Gasteiger partial charge >= 0.3 is 0 Å². The molecule has 0 saturated carbocycles. The number of aliphatic hydroxyl groups is 1. The van der Waals surface area contributed by atoms with Crippen molar-refractivity contribution in [1.29, 1.82) is 0 Å². The lowest BCUT2D eigenvalue weighted by atomic mass is 10.0. The number of para-hydroxylation sites is 1. The Bertz CT molecular complexity index is 726. The molecule has 0 saturated heterocycles. The maximum absolute atomic E-state index is 9.09. The van der Waals surface area contributed by atoms with Gasteiger partial charge in [0.2, 0.25) is 0 Å². The lowest BCUT2D eigenvalue weighted by molar-refractivity contribution is 0.282. The highest BCUT2D eigenvalue weighted by Gasteiger charge is 2.09. The molecule has 0 atom stereocenters. The van der Waals surface area contributed by atoms with Crippen molar-refractivity contribution >= 4 is 11.0 Å². The first-order valence-corrected chi connectivity index (χ1v) is 6.33. The van der Waals surface area contributed by atoms with Gasteiger partial charge in [-0.15, -0.1) is 0 Å². The Balaban J connectivity index is 2.21. The van der Waals surface area contributed by atoms with Crippen molar-refractivity contribution in [2.24, 2.45) is 7.05 Å². The van der Waals surface area contributed by atoms with Crippen LogP contribution in [0.25, 0.3) is 22.2 Å². The maximum atomic E-state index is 9.09. The zero-order valence-electron chi connectivity index (χ0n) is 11.1. The predicted octanol–water partition coefficient (Wildman–Crippen LogP) is 3.04. The third-order valence-electron chi connectivity index (χ3n) is 3.58. The number of hydrogen-bond acceptors (Lipinski definition) is 2. The third-order valence-corrected chi connectivity index (χ3v) is 3.58. The van der Waals surface area contributed by atoms with E-state index in [1.54, 1.807) is 0 Å². The summed E-state index contributed by atoms with van der Waals surface area (Å²) in [5.74, 6) is 1.01. The summed E-state index contributed by atoms with van der Waals surface area (Å²) in [6.45, 7) is 2.09. The lowest BCUT2D eigenvalue weighted by Gasteiger charge is -2.04. The molecule has 0 aliphatic heterocycles. The number of imidazole rings is 1. The normalized spacial score (nSPS) is 11.1. The number of fused-ring (bicyclic) bond motifs is 1. The third kappa shape index (κ3) is 1.92. The monoisotopic (exact) mass is 252 g/mol. The van der Waals surface area contributed by atoms with E-state index in [0.717, 1.165) is 33.5 Å². The van der Waals surface area contributed by atoms with Crippen LogP contribution in [0.3, 0.4) is 0 Å². The summed E-state index contributed by atoms with van der Waals surface area (Å²) in [6, 6.07) is 14.2. The Labute approximate surface area is 112 Å². The van der Waals surface area contributed by atoms with E-state index in [1.807, 2.05) is 38.2 Å². The van der Waals surface area contributed by atoms with E-state index >= 15 is 0 Å². The van der Waals surface area contributed by atoms with Crippen molar-refractivity contribution in [3.05, 3.63) is 53.9 Å². The van der Waals surface area contributed by atoms with Gasteiger partial charge in [0, 0.05) is 12.6 Å².